The Kier molecular flexibility index (Phi) is 1.89. The number of thiophene rings is 1. The Bertz CT molecular complexity index is 418. The topological polar surface area (TPSA) is 40.7 Å². The zero-order chi connectivity index (χ0) is 9.38. The Balaban J connectivity index is 2.04. The predicted octanol–water partition coefficient (Wildman–Crippen LogP) is 1.71. The molecule has 2 aromatic heterocycles. The largest absolute Gasteiger partial charge is 0.306 e. The molecule has 14 heavy (non-hydrogen) atoms. The van der Waals surface area contributed by atoms with Gasteiger partial charge in [-0.3, -0.25) is 5.10 Å². The predicted molar refractivity (Wildman–Crippen MR) is 56.5 cm³/mol. The van der Waals surface area contributed by atoms with Crippen molar-refractivity contribution in [3.8, 4) is 0 Å². The minimum atomic E-state index is 0.337. The SMILES string of the molecule is c1cc2c(s1)CCNC2c1cn[nH]c1. The molecule has 1 atom stereocenters. The fourth-order valence-corrected chi connectivity index (χ4v) is 2.89. The van der Waals surface area contributed by atoms with Crippen LogP contribution in [-0.2, 0) is 6.42 Å². The number of fused-ring (bicyclic) bond motifs is 1. The first-order valence-corrected chi connectivity index (χ1v) is 5.61. The maximum absolute atomic E-state index is 3.99. The zero-order valence-electron chi connectivity index (χ0n) is 7.66. The number of aromatic amines is 1. The van der Waals surface area contributed by atoms with Crippen molar-refractivity contribution >= 4 is 11.3 Å². The minimum Gasteiger partial charge on any atom is -0.306 e. The molecule has 3 rings (SSSR count). The van der Waals surface area contributed by atoms with Crippen LogP contribution in [0.5, 0.6) is 0 Å². The Morgan fingerprint density at radius 3 is 3.36 bits per heavy atom. The molecule has 0 saturated carbocycles. The molecule has 4 heteroatoms. The number of rotatable bonds is 1. The van der Waals surface area contributed by atoms with Gasteiger partial charge in [0.25, 0.3) is 0 Å². The number of nitrogens with one attached hydrogen (secondary N) is 2. The van der Waals surface area contributed by atoms with Crippen LogP contribution in [-0.4, -0.2) is 16.7 Å². The third-order valence-electron chi connectivity index (χ3n) is 2.64. The van der Waals surface area contributed by atoms with Gasteiger partial charge in [-0.2, -0.15) is 5.10 Å². The van der Waals surface area contributed by atoms with Crippen molar-refractivity contribution in [2.75, 3.05) is 6.54 Å². The highest BCUT2D eigenvalue weighted by molar-refractivity contribution is 7.10. The highest BCUT2D eigenvalue weighted by Crippen LogP contribution is 2.31. The Morgan fingerprint density at radius 2 is 2.50 bits per heavy atom. The molecule has 0 amide bonds. The van der Waals surface area contributed by atoms with Crippen molar-refractivity contribution in [3.05, 3.63) is 39.8 Å². The molecule has 0 aromatic carbocycles. The van der Waals surface area contributed by atoms with Crippen LogP contribution in [0.25, 0.3) is 0 Å². The Morgan fingerprint density at radius 1 is 1.50 bits per heavy atom. The van der Waals surface area contributed by atoms with E-state index in [4.69, 9.17) is 0 Å². The molecule has 3 nitrogen and oxygen atoms in total. The van der Waals surface area contributed by atoms with E-state index in [9.17, 15) is 0 Å². The van der Waals surface area contributed by atoms with E-state index >= 15 is 0 Å². The third-order valence-corrected chi connectivity index (χ3v) is 3.64. The number of hydrogen-bond acceptors (Lipinski definition) is 3. The summed E-state index contributed by atoms with van der Waals surface area (Å²) in [6, 6.07) is 2.55. The third kappa shape index (κ3) is 1.19. The first-order chi connectivity index (χ1) is 6.95. The van der Waals surface area contributed by atoms with Crippen molar-refractivity contribution in [3.63, 3.8) is 0 Å². The molecule has 0 spiro atoms. The first kappa shape index (κ1) is 8.20. The van der Waals surface area contributed by atoms with E-state index in [1.165, 1.54) is 16.0 Å². The van der Waals surface area contributed by atoms with Crippen LogP contribution in [0.2, 0.25) is 0 Å². The molecule has 72 valence electrons. The van der Waals surface area contributed by atoms with Gasteiger partial charge in [0, 0.05) is 23.2 Å². The summed E-state index contributed by atoms with van der Waals surface area (Å²) < 4.78 is 0. The summed E-state index contributed by atoms with van der Waals surface area (Å²) in [5, 5.41) is 12.5. The lowest BCUT2D eigenvalue weighted by Gasteiger charge is -2.23. The monoisotopic (exact) mass is 205 g/mol. The van der Waals surface area contributed by atoms with Gasteiger partial charge in [-0.05, 0) is 23.4 Å². The normalized spacial score (nSPS) is 20.7. The molecule has 0 bridgehead atoms. The van der Waals surface area contributed by atoms with Gasteiger partial charge < -0.3 is 5.32 Å². The smallest absolute Gasteiger partial charge is 0.0618 e. The number of hydrogen-bond donors (Lipinski definition) is 2. The quantitative estimate of drug-likeness (QED) is 0.744. The van der Waals surface area contributed by atoms with Gasteiger partial charge in [0.05, 0.1) is 12.2 Å². The molecule has 2 N–H and O–H groups in total. The fraction of sp³-hybridized carbons (Fsp3) is 0.300. The van der Waals surface area contributed by atoms with Crippen LogP contribution in [0.15, 0.2) is 23.8 Å². The summed E-state index contributed by atoms with van der Waals surface area (Å²) >= 11 is 1.86. The van der Waals surface area contributed by atoms with E-state index in [0.717, 1.165) is 13.0 Å². The van der Waals surface area contributed by atoms with Gasteiger partial charge in [0.2, 0.25) is 0 Å². The van der Waals surface area contributed by atoms with Crippen molar-refractivity contribution in [2.45, 2.75) is 12.5 Å². The molecular formula is C10H11N3S. The summed E-state index contributed by atoms with van der Waals surface area (Å²) in [6.07, 6.45) is 5.01. The maximum atomic E-state index is 3.99. The lowest BCUT2D eigenvalue weighted by atomic mass is 9.98. The van der Waals surface area contributed by atoms with E-state index in [0.29, 0.717) is 6.04 Å². The van der Waals surface area contributed by atoms with Crippen LogP contribution >= 0.6 is 11.3 Å². The van der Waals surface area contributed by atoms with E-state index in [2.05, 4.69) is 27.0 Å². The Hall–Kier alpha value is -1.13. The molecular weight excluding hydrogens is 194 g/mol. The lowest BCUT2D eigenvalue weighted by Crippen LogP contribution is -2.29. The summed E-state index contributed by atoms with van der Waals surface area (Å²) in [5.74, 6) is 0. The number of aromatic nitrogens is 2. The van der Waals surface area contributed by atoms with Gasteiger partial charge in [-0.15, -0.1) is 11.3 Å². The molecule has 0 fully saturated rings. The highest BCUT2D eigenvalue weighted by atomic mass is 32.1. The second kappa shape index (κ2) is 3.22. The van der Waals surface area contributed by atoms with Crippen LogP contribution in [0.1, 0.15) is 22.0 Å². The molecule has 1 aliphatic rings. The van der Waals surface area contributed by atoms with Crippen LogP contribution in [0.4, 0.5) is 0 Å². The molecule has 0 saturated heterocycles. The highest BCUT2D eigenvalue weighted by Gasteiger charge is 2.22. The summed E-state index contributed by atoms with van der Waals surface area (Å²) in [5.41, 5.74) is 2.65. The summed E-state index contributed by atoms with van der Waals surface area (Å²) in [4.78, 5) is 1.51. The minimum absolute atomic E-state index is 0.337. The van der Waals surface area contributed by atoms with E-state index in [1.807, 2.05) is 23.7 Å². The number of nitrogens with zero attached hydrogens (tertiary/aromatic N) is 1. The second-order valence-corrected chi connectivity index (χ2v) is 4.47. The van der Waals surface area contributed by atoms with Gasteiger partial charge >= 0.3 is 0 Å². The van der Waals surface area contributed by atoms with Crippen molar-refractivity contribution in [2.24, 2.45) is 0 Å². The Labute approximate surface area is 86.2 Å². The lowest BCUT2D eigenvalue weighted by molar-refractivity contribution is 0.575. The molecule has 1 aliphatic heterocycles. The molecule has 1 unspecified atom stereocenters. The first-order valence-electron chi connectivity index (χ1n) is 4.73. The van der Waals surface area contributed by atoms with Gasteiger partial charge in [-0.25, -0.2) is 0 Å². The second-order valence-electron chi connectivity index (χ2n) is 3.47. The van der Waals surface area contributed by atoms with Crippen LogP contribution in [0, 0.1) is 0 Å². The van der Waals surface area contributed by atoms with Gasteiger partial charge in [0.1, 0.15) is 0 Å². The maximum Gasteiger partial charge on any atom is 0.0618 e. The molecule has 0 aliphatic carbocycles. The summed E-state index contributed by atoms with van der Waals surface area (Å²) in [7, 11) is 0. The zero-order valence-corrected chi connectivity index (χ0v) is 8.47. The van der Waals surface area contributed by atoms with E-state index in [1.54, 1.807) is 0 Å². The van der Waals surface area contributed by atoms with Crippen molar-refractivity contribution in [1.82, 2.24) is 15.5 Å². The van der Waals surface area contributed by atoms with Crippen LogP contribution in [0.3, 0.4) is 0 Å². The molecule has 3 heterocycles. The van der Waals surface area contributed by atoms with Gasteiger partial charge in [-0.1, -0.05) is 0 Å². The van der Waals surface area contributed by atoms with E-state index < -0.39 is 0 Å². The number of H-pyrrole nitrogens is 1. The average Bonchev–Trinajstić information content (AvgIpc) is 2.88. The molecule has 2 aromatic rings. The fourth-order valence-electron chi connectivity index (χ4n) is 1.97. The van der Waals surface area contributed by atoms with Crippen molar-refractivity contribution in [1.29, 1.82) is 0 Å². The van der Waals surface area contributed by atoms with Crippen LogP contribution < -0.4 is 5.32 Å². The van der Waals surface area contributed by atoms with Crippen molar-refractivity contribution < 1.29 is 0 Å². The van der Waals surface area contributed by atoms with E-state index in [-0.39, 0.29) is 0 Å². The average molecular weight is 205 g/mol. The summed E-state index contributed by atoms with van der Waals surface area (Å²) in [6.45, 7) is 1.06. The van der Waals surface area contributed by atoms with Gasteiger partial charge in [0.15, 0.2) is 0 Å². The molecule has 0 radical (unpaired) electrons. The standard InChI is InChI=1S/C10H11N3S/c1-3-11-10(7-5-12-13-6-7)8-2-4-14-9(1)8/h2,4-6,10-11H,1,3H2,(H,12,13).